The molecule has 8 heteroatoms. The number of ether oxygens (including phenoxy) is 3. The Morgan fingerprint density at radius 1 is 1.00 bits per heavy atom. The van der Waals surface area contributed by atoms with E-state index in [1.54, 1.807) is 47.6 Å². The Bertz CT molecular complexity index is 1080. The molecule has 1 aromatic rings. The van der Waals surface area contributed by atoms with Crippen LogP contribution in [0.25, 0.3) is 6.08 Å². The number of carbonyl (C=O) groups excluding carboxylic acids is 3. The van der Waals surface area contributed by atoms with Gasteiger partial charge in [-0.15, -0.1) is 0 Å². The van der Waals surface area contributed by atoms with Crippen LogP contribution in [0.4, 0.5) is 0 Å². The first kappa shape index (κ1) is 28.8. The minimum atomic E-state index is -0.765. The molecule has 1 unspecified atom stereocenters. The topological polar surface area (TPSA) is 94.2 Å². The van der Waals surface area contributed by atoms with Gasteiger partial charge < -0.3 is 24.4 Å². The number of benzene rings is 1. The lowest BCUT2D eigenvalue weighted by molar-refractivity contribution is -0.148. The second-order valence-corrected chi connectivity index (χ2v) is 9.66. The molecule has 1 atom stereocenters. The number of likely N-dealkylation sites (N-methyl/N-ethyl adjacent to an activating group) is 1. The van der Waals surface area contributed by atoms with E-state index in [4.69, 9.17) is 14.2 Å². The van der Waals surface area contributed by atoms with Gasteiger partial charge in [-0.05, 0) is 72.8 Å². The van der Waals surface area contributed by atoms with Crippen LogP contribution in [0.2, 0.25) is 0 Å². The number of carbonyl (C=O) groups is 3. The Balaban J connectivity index is 2.75. The molecule has 0 saturated carbocycles. The second-order valence-electron chi connectivity index (χ2n) is 9.66. The summed E-state index contributed by atoms with van der Waals surface area (Å²) in [5.74, 6) is -2.30. The van der Waals surface area contributed by atoms with Crippen molar-refractivity contribution in [3.63, 3.8) is 0 Å². The van der Waals surface area contributed by atoms with Crippen molar-refractivity contribution in [3.8, 4) is 0 Å². The highest BCUT2D eigenvalue weighted by Crippen LogP contribution is 2.41. The van der Waals surface area contributed by atoms with Crippen molar-refractivity contribution in [3.05, 3.63) is 64.0 Å². The van der Waals surface area contributed by atoms with Gasteiger partial charge in [-0.25, -0.2) is 14.4 Å². The molecule has 2 rings (SSSR count). The Kier molecular flexibility index (Phi) is 10.0. The Morgan fingerprint density at radius 3 is 2.14 bits per heavy atom. The molecule has 0 bridgehead atoms. The summed E-state index contributed by atoms with van der Waals surface area (Å²) in [4.78, 5) is 40.8. The first-order valence-electron chi connectivity index (χ1n) is 12.1. The molecule has 0 radical (unpaired) electrons. The van der Waals surface area contributed by atoms with E-state index in [9.17, 15) is 14.4 Å². The third-order valence-corrected chi connectivity index (χ3v) is 5.22. The fourth-order valence-electron chi connectivity index (χ4n) is 4.00. The van der Waals surface area contributed by atoms with Gasteiger partial charge >= 0.3 is 17.9 Å². The number of dihydropyridines is 1. The van der Waals surface area contributed by atoms with Crippen molar-refractivity contribution in [1.29, 1.82) is 0 Å². The minimum absolute atomic E-state index is 0.182. The van der Waals surface area contributed by atoms with Gasteiger partial charge in [-0.3, -0.25) is 0 Å². The molecule has 0 aliphatic carbocycles. The summed E-state index contributed by atoms with van der Waals surface area (Å²) in [7, 11) is 3.79. The third-order valence-electron chi connectivity index (χ3n) is 5.22. The minimum Gasteiger partial charge on any atom is -0.463 e. The van der Waals surface area contributed by atoms with Gasteiger partial charge in [0, 0.05) is 24.0 Å². The van der Waals surface area contributed by atoms with Crippen LogP contribution >= 0.6 is 0 Å². The van der Waals surface area contributed by atoms with Crippen molar-refractivity contribution < 1.29 is 28.6 Å². The van der Waals surface area contributed by atoms with Crippen LogP contribution in [-0.4, -0.2) is 62.3 Å². The van der Waals surface area contributed by atoms with E-state index in [2.05, 4.69) is 5.32 Å². The molecule has 36 heavy (non-hydrogen) atoms. The van der Waals surface area contributed by atoms with Crippen molar-refractivity contribution in [2.45, 2.75) is 53.1 Å². The predicted molar refractivity (Wildman–Crippen MR) is 139 cm³/mol. The van der Waals surface area contributed by atoms with Crippen LogP contribution < -0.4 is 5.32 Å². The number of esters is 3. The molecule has 1 aromatic carbocycles. The number of rotatable bonds is 9. The van der Waals surface area contributed by atoms with Gasteiger partial charge in [-0.2, -0.15) is 0 Å². The van der Waals surface area contributed by atoms with E-state index in [-0.39, 0.29) is 13.2 Å². The molecule has 1 heterocycles. The van der Waals surface area contributed by atoms with Crippen LogP contribution in [0.1, 0.15) is 58.6 Å². The van der Waals surface area contributed by atoms with Crippen LogP contribution in [0.3, 0.4) is 0 Å². The molecule has 196 valence electrons. The summed E-state index contributed by atoms with van der Waals surface area (Å²) in [6.07, 6.45) is 2.98. The number of nitrogens with zero attached hydrogens (tertiary/aromatic N) is 1. The quantitative estimate of drug-likeness (QED) is 0.311. The van der Waals surface area contributed by atoms with Crippen LogP contribution in [0.5, 0.6) is 0 Å². The largest absolute Gasteiger partial charge is 0.463 e. The zero-order chi connectivity index (χ0) is 27.0. The summed E-state index contributed by atoms with van der Waals surface area (Å²) in [6.45, 7) is 11.4. The lowest BCUT2D eigenvalue weighted by Gasteiger charge is -2.33. The molecule has 1 aliphatic rings. The highest BCUT2D eigenvalue weighted by molar-refractivity contribution is 6.00. The molecule has 1 aliphatic heterocycles. The highest BCUT2D eigenvalue weighted by atomic mass is 16.6. The van der Waals surface area contributed by atoms with E-state index in [0.717, 1.165) is 0 Å². The van der Waals surface area contributed by atoms with E-state index in [1.165, 1.54) is 6.08 Å². The zero-order valence-electron chi connectivity index (χ0n) is 22.6. The van der Waals surface area contributed by atoms with Gasteiger partial charge in [0.05, 0.1) is 30.3 Å². The summed E-state index contributed by atoms with van der Waals surface area (Å²) in [5, 5.41) is 3.25. The Morgan fingerprint density at radius 2 is 1.58 bits per heavy atom. The number of nitrogens with one attached hydrogen (secondary N) is 1. The van der Waals surface area contributed by atoms with Gasteiger partial charge in [0.15, 0.2) is 0 Å². The van der Waals surface area contributed by atoms with Crippen LogP contribution in [-0.2, 0) is 28.6 Å². The maximum atomic E-state index is 13.3. The Labute approximate surface area is 214 Å². The molecule has 8 nitrogen and oxygen atoms in total. The molecular formula is C28H38N2O6. The average molecular weight is 499 g/mol. The molecule has 0 saturated heterocycles. The van der Waals surface area contributed by atoms with Gasteiger partial charge in [0.25, 0.3) is 0 Å². The van der Waals surface area contributed by atoms with Crippen molar-refractivity contribution in [2.75, 3.05) is 33.9 Å². The second kappa shape index (κ2) is 12.5. The highest BCUT2D eigenvalue weighted by Gasteiger charge is 2.39. The zero-order valence-corrected chi connectivity index (χ0v) is 22.6. The van der Waals surface area contributed by atoms with E-state index in [0.29, 0.717) is 40.2 Å². The molecule has 1 N–H and O–H groups in total. The summed E-state index contributed by atoms with van der Waals surface area (Å²) >= 11 is 0. The number of hydrogen-bond acceptors (Lipinski definition) is 8. The van der Waals surface area contributed by atoms with Crippen LogP contribution in [0, 0.1) is 0 Å². The molecular weight excluding hydrogens is 460 g/mol. The first-order chi connectivity index (χ1) is 16.9. The van der Waals surface area contributed by atoms with E-state index < -0.39 is 29.4 Å². The first-order valence-corrected chi connectivity index (χ1v) is 12.1. The predicted octanol–water partition coefficient (Wildman–Crippen LogP) is 3.94. The monoisotopic (exact) mass is 498 g/mol. The molecule has 0 amide bonds. The van der Waals surface area contributed by atoms with Gasteiger partial charge in [0.1, 0.15) is 5.60 Å². The summed E-state index contributed by atoms with van der Waals surface area (Å²) < 4.78 is 16.2. The Hall–Kier alpha value is -3.39. The molecule has 0 spiro atoms. The van der Waals surface area contributed by atoms with E-state index in [1.807, 2.05) is 43.3 Å². The third kappa shape index (κ3) is 7.55. The van der Waals surface area contributed by atoms with Crippen molar-refractivity contribution in [2.24, 2.45) is 0 Å². The fourth-order valence-corrected chi connectivity index (χ4v) is 4.00. The summed E-state index contributed by atoms with van der Waals surface area (Å²) in [6, 6.07) is 7.32. The van der Waals surface area contributed by atoms with Gasteiger partial charge in [-0.1, -0.05) is 24.3 Å². The van der Waals surface area contributed by atoms with Gasteiger partial charge in [0.2, 0.25) is 0 Å². The summed E-state index contributed by atoms with van der Waals surface area (Å²) in [5.41, 5.74) is 2.58. The maximum Gasteiger partial charge on any atom is 0.336 e. The number of allylic oxidation sites excluding steroid dienone is 1. The average Bonchev–Trinajstić information content (AvgIpc) is 2.76. The fraction of sp³-hybridized carbons (Fsp3) is 0.464. The SMILES string of the molecule is CCOC(=O)C1=C(C)NC(CN(C)C)=C(C(=O)OCC)C1c1ccccc1C=CC(=O)OC(C)(C)C. The maximum absolute atomic E-state index is 13.3. The molecule has 0 aromatic heterocycles. The van der Waals surface area contributed by atoms with Crippen molar-refractivity contribution in [1.82, 2.24) is 10.2 Å². The lowest BCUT2D eigenvalue weighted by Crippen LogP contribution is -2.37. The normalized spacial score (nSPS) is 16.3. The van der Waals surface area contributed by atoms with Crippen molar-refractivity contribution >= 4 is 24.0 Å². The van der Waals surface area contributed by atoms with E-state index >= 15 is 0 Å². The van der Waals surface area contributed by atoms with Crippen LogP contribution in [0.15, 0.2) is 52.9 Å². The number of hydrogen-bond donors (Lipinski definition) is 1. The lowest BCUT2D eigenvalue weighted by atomic mass is 9.78. The molecule has 0 fully saturated rings. The standard InChI is InChI=1S/C28H38N2O6/c1-9-34-26(32)23-18(3)29-21(17-30(7)8)25(27(33)35-10-2)24(23)20-14-12-11-13-19(20)15-16-22(31)36-28(4,5)6/h11-16,24,29H,9-10,17H2,1-8H3. The smallest absolute Gasteiger partial charge is 0.336 e.